The van der Waals surface area contributed by atoms with Gasteiger partial charge >= 0.3 is 0 Å². The summed E-state index contributed by atoms with van der Waals surface area (Å²) in [7, 11) is 0. The van der Waals surface area contributed by atoms with Gasteiger partial charge in [0.25, 0.3) is 0 Å². The van der Waals surface area contributed by atoms with Gasteiger partial charge < -0.3 is 10.0 Å². The van der Waals surface area contributed by atoms with E-state index in [1.807, 2.05) is 35.2 Å². The zero-order chi connectivity index (χ0) is 16.4. The molecule has 0 fully saturated rings. The molecule has 1 N–H and O–H groups in total. The van der Waals surface area contributed by atoms with Gasteiger partial charge in [-0.2, -0.15) is 4.98 Å². The summed E-state index contributed by atoms with van der Waals surface area (Å²) in [6.45, 7) is 3.77. The molecular weight excluding hydrogens is 278 g/mol. The van der Waals surface area contributed by atoms with E-state index in [2.05, 4.69) is 19.9 Å². The van der Waals surface area contributed by atoms with Crippen LogP contribution in [0.2, 0.25) is 0 Å². The standard InChI is InChI=1S/C16H17N5O/c1-16(2,22)11-21(12-6-4-3-5-7-12)15-19-10-13-14(20-15)18-9-8-17-13/h3-10,22H,11H2,1-2H3/i9D. The van der Waals surface area contributed by atoms with Crippen LogP contribution in [0.25, 0.3) is 11.2 Å². The van der Waals surface area contributed by atoms with E-state index in [1.165, 1.54) is 6.20 Å². The summed E-state index contributed by atoms with van der Waals surface area (Å²) in [6.07, 6.45) is 2.98. The number of aliphatic hydroxyl groups is 1. The Labute approximate surface area is 129 Å². The fourth-order valence-corrected chi connectivity index (χ4v) is 2.12. The highest BCUT2D eigenvalue weighted by Gasteiger charge is 2.22. The molecule has 6 nitrogen and oxygen atoms in total. The largest absolute Gasteiger partial charge is 0.389 e. The molecule has 0 amide bonds. The van der Waals surface area contributed by atoms with Crippen molar-refractivity contribution in [2.45, 2.75) is 19.4 Å². The first-order chi connectivity index (χ1) is 10.9. The van der Waals surface area contributed by atoms with Crippen molar-refractivity contribution >= 4 is 22.8 Å². The lowest BCUT2D eigenvalue weighted by Crippen LogP contribution is -2.36. The number of hydrogen-bond donors (Lipinski definition) is 1. The van der Waals surface area contributed by atoms with Gasteiger partial charge in [-0.3, -0.25) is 0 Å². The summed E-state index contributed by atoms with van der Waals surface area (Å²) >= 11 is 0. The number of rotatable bonds is 4. The SMILES string of the molecule is [2H]c1cnc2cnc(N(CC(C)(C)O)c3ccccc3)nc2n1. The van der Waals surface area contributed by atoms with Gasteiger partial charge in [-0.15, -0.1) is 0 Å². The summed E-state index contributed by atoms with van der Waals surface area (Å²) in [5, 5.41) is 10.2. The highest BCUT2D eigenvalue weighted by molar-refractivity contribution is 5.70. The lowest BCUT2D eigenvalue weighted by Gasteiger charge is -2.29. The number of anilines is 2. The Bertz CT molecular complexity index is 820. The van der Waals surface area contributed by atoms with Crippen molar-refractivity contribution in [3.8, 4) is 0 Å². The Balaban J connectivity index is 2.09. The molecule has 3 aromatic rings. The number of hydrogen-bond acceptors (Lipinski definition) is 6. The number of para-hydroxylation sites is 1. The maximum Gasteiger partial charge on any atom is 0.232 e. The third-order valence-corrected chi connectivity index (χ3v) is 3.02. The molecule has 0 bridgehead atoms. The third-order valence-electron chi connectivity index (χ3n) is 3.02. The van der Waals surface area contributed by atoms with Gasteiger partial charge in [-0.1, -0.05) is 18.2 Å². The van der Waals surface area contributed by atoms with Crippen LogP contribution in [0.5, 0.6) is 0 Å². The number of fused-ring (bicyclic) bond motifs is 1. The first kappa shape index (κ1) is 13.1. The highest BCUT2D eigenvalue weighted by Crippen LogP contribution is 2.24. The Kier molecular flexibility index (Phi) is 3.36. The monoisotopic (exact) mass is 296 g/mol. The maximum atomic E-state index is 10.2. The van der Waals surface area contributed by atoms with E-state index in [-0.39, 0.29) is 6.17 Å². The predicted octanol–water partition coefficient (Wildman–Crippen LogP) is 2.33. The molecule has 0 saturated heterocycles. The molecule has 0 radical (unpaired) electrons. The molecule has 112 valence electrons. The highest BCUT2D eigenvalue weighted by atomic mass is 16.3. The molecule has 1 aromatic carbocycles. The number of benzene rings is 1. The number of aromatic nitrogens is 4. The van der Waals surface area contributed by atoms with Crippen LogP contribution in [0.4, 0.5) is 11.6 Å². The van der Waals surface area contributed by atoms with E-state index in [0.29, 0.717) is 23.7 Å². The summed E-state index contributed by atoms with van der Waals surface area (Å²) in [6, 6.07) is 9.59. The van der Waals surface area contributed by atoms with E-state index < -0.39 is 5.60 Å². The van der Waals surface area contributed by atoms with Gasteiger partial charge in [0.1, 0.15) is 5.52 Å². The van der Waals surface area contributed by atoms with E-state index >= 15 is 0 Å². The van der Waals surface area contributed by atoms with Gasteiger partial charge in [0.05, 0.1) is 19.7 Å². The fourth-order valence-electron chi connectivity index (χ4n) is 2.12. The van der Waals surface area contributed by atoms with Crippen LogP contribution < -0.4 is 4.90 Å². The molecule has 0 unspecified atom stereocenters. The van der Waals surface area contributed by atoms with Crippen LogP contribution >= 0.6 is 0 Å². The molecular formula is C16H17N5O. The zero-order valence-corrected chi connectivity index (χ0v) is 12.4. The van der Waals surface area contributed by atoms with Crippen LogP contribution in [0.15, 0.2) is 48.9 Å². The topological polar surface area (TPSA) is 75.0 Å². The summed E-state index contributed by atoms with van der Waals surface area (Å²) in [5.74, 6) is 0.408. The molecule has 3 rings (SSSR count). The number of nitrogens with zero attached hydrogens (tertiary/aromatic N) is 5. The second-order valence-electron chi connectivity index (χ2n) is 5.61. The van der Waals surface area contributed by atoms with Crippen molar-refractivity contribution < 1.29 is 6.48 Å². The van der Waals surface area contributed by atoms with Crippen LogP contribution in [0.1, 0.15) is 15.2 Å². The molecule has 0 aliphatic heterocycles. The van der Waals surface area contributed by atoms with Crippen molar-refractivity contribution in [3.63, 3.8) is 0 Å². The lowest BCUT2D eigenvalue weighted by atomic mass is 10.1. The van der Waals surface area contributed by atoms with E-state index in [4.69, 9.17) is 1.37 Å². The molecule has 2 heterocycles. The van der Waals surface area contributed by atoms with Crippen molar-refractivity contribution in [3.05, 3.63) is 48.9 Å². The Morgan fingerprint density at radius 2 is 1.95 bits per heavy atom. The van der Waals surface area contributed by atoms with Crippen molar-refractivity contribution in [2.24, 2.45) is 0 Å². The minimum absolute atomic E-state index is 0.0518. The summed E-state index contributed by atoms with van der Waals surface area (Å²) < 4.78 is 7.58. The molecule has 2 aromatic heterocycles. The normalized spacial score (nSPS) is 12.2. The van der Waals surface area contributed by atoms with E-state index in [1.54, 1.807) is 20.0 Å². The van der Waals surface area contributed by atoms with Crippen LogP contribution in [0, 0.1) is 0 Å². The molecule has 0 aliphatic rings. The second-order valence-corrected chi connectivity index (χ2v) is 5.61. The van der Waals surface area contributed by atoms with E-state index in [9.17, 15) is 5.11 Å². The van der Waals surface area contributed by atoms with Crippen LogP contribution in [-0.2, 0) is 0 Å². The minimum atomic E-state index is -0.933. The predicted molar refractivity (Wildman–Crippen MR) is 84.9 cm³/mol. The quantitative estimate of drug-likeness (QED) is 0.796. The maximum absolute atomic E-state index is 10.2. The van der Waals surface area contributed by atoms with Crippen molar-refractivity contribution in [2.75, 3.05) is 11.4 Å². The van der Waals surface area contributed by atoms with Gasteiger partial charge in [-0.05, 0) is 26.0 Å². The third kappa shape index (κ3) is 3.17. The summed E-state index contributed by atoms with van der Waals surface area (Å²) in [5.41, 5.74) is 0.820. The molecule has 0 aliphatic carbocycles. The van der Waals surface area contributed by atoms with E-state index in [0.717, 1.165) is 5.69 Å². The van der Waals surface area contributed by atoms with Crippen molar-refractivity contribution in [1.82, 2.24) is 19.9 Å². The fraction of sp³-hybridized carbons (Fsp3) is 0.250. The Hall–Kier alpha value is -2.60. The molecule has 0 atom stereocenters. The average Bonchev–Trinajstić information content (AvgIpc) is 2.52. The summed E-state index contributed by atoms with van der Waals surface area (Å²) in [4.78, 5) is 18.7. The average molecular weight is 296 g/mol. The lowest BCUT2D eigenvalue weighted by molar-refractivity contribution is 0.0895. The Morgan fingerprint density at radius 3 is 2.68 bits per heavy atom. The molecule has 22 heavy (non-hydrogen) atoms. The van der Waals surface area contributed by atoms with Gasteiger partial charge in [0.15, 0.2) is 5.65 Å². The van der Waals surface area contributed by atoms with Crippen molar-refractivity contribution in [1.29, 1.82) is 0 Å². The van der Waals surface area contributed by atoms with Gasteiger partial charge in [0, 0.05) is 18.1 Å². The molecule has 6 heteroatoms. The van der Waals surface area contributed by atoms with Gasteiger partial charge in [0.2, 0.25) is 5.95 Å². The second kappa shape index (κ2) is 5.65. The minimum Gasteiger partial charge on any atom is -0.389 e. The van der Waals surface area contributed by atoms with Crippen LogP contribution in [0.3, 0.4) is 0 Å². The zero-order valence-electron chi connectivity index (χ0n) is 13.4. The molecule has 0 spiro atoms. The smallest absolute Gasteiger partial charge is 0.232 e. The van der Waals surface area contributed by atoms with Crippen LogP contribution in [-0.4, -0.2) is 37.2 Å². The first-order valence-corrected chi connectivity index (χ1v) is 6.94. The van der Waals surface area contributed by atoms with Gasteiger partial charge in [-0.25, -0.2) is 15.0 Å². The Morgan fingerprint density at radius 1 is 1.18 bits per heavy atom. The molecule has 0 saturated carbocycles. The first-order valence-electron chi connectivity index (χ1n) is 7.44.